The highest BCUT2D eigenvalue weighted by Gasteiger charge is 2.25. The van der Waals surface area contributed by atoms with Crippen molar-refractivity contribution in [2.24, 2.45) is 0 Å². The molecular formula is C17H15ClFNO. The quantitative estimate of drug-likeness (QED) is 0.765. The van der Waals surface area contributed by atoms with Crippen molar-refractivity contribution in [3.05, 3.63) is 63.9 Å². The molecule has 0 aliphatic carbocycles. The molecule has 0 spiro atoms. The number of carbonyl (C=O) groups is 1. The lowest BCUT2D eigenvalue weighted by Gasteiger charge is -2.30. The highest BCUT2D eigenvalue weighted by molar-refractivity contribution is 6.30. The van der Waals surface area contributed by atoms with Crippen molar-refractivity contribution >= 4 is 23.2 Å². The summed E-state index contributed by atoms with van der Waals surface area (Å²) < 4.78 is 14.0. The molecule has 0 aromatic heterocycles. The van der Waals surface area contributed by atoms with E-state index >= 15 is 0 Å². The van der Waals surface area contributed by atoms with Crippen molar-refractivity contribution in [3.8, 4) is 0 Å². The summed E-state index contributed by atoms with van der Waals surface area (Å²) in [6.07, 6.45) is 1.83. The van der Waals surface area contributed by atoms with Gasteiger partial charge in [-0.1, -0.05) is 29.3 Å². The van der Waals surface area contributed by atoms with Gasteiger partial charge in [0.1, 0.15) is 5.82 Å². The molecule has 4 heteroatoms. The lowest BCUT2D eigenvalue weighted by molar-refractivity contribution is 0.0981. The summed E-state index contributed by atoms with van der Waals surface area (Å²) in [5, 5.41) is 0.290. The van der Waals surface area contributed by atoms with E-state index in [4.69, 9.17) is 11.6 Å². The highest BCUT2D eigenvalue weighted by Crippen LogP contribution is 2.30. The first-order valence-electron chi connectivity index (χ1n) is 6.93. The van der Waals surface area contributed by atoms with Crippen LogP contribution >= 0.6 is 11.6 Å². The van der Waals surface area contributed by atoms with E-state index in [0.29, 0.717) is 11.6 Å². The summed E-state index contributed by atoms with van der Waals surface area (Å²) in [6.45, 7) is 2.64. The number of hydrogen-bond acceptors (Lipinski definition) is 1. The van der Waals surface area contributed by atoms with E-state index in [9.17, 15) is 9.18 Å². The Morgan fingerprint density at radius 2 is 2.05 bits per heavy atom. The van der Waals surface area contributed by atoms with E-state index < -0.39 is 5.82 Å². The Labute approximate surface area is 128 Å². The number of rotatable bonds is 1. The molecule has 3 rings (SSSR count). The molecule has 1 aliphatic heterocycles. The highest BCUT2D eigenvalue weighted by atomic mass is 35.5. The standard InChI is InChI=1S/C17H15ClFNO/c1-11-4-7-16-12(9-11)3-2-8-20(16)17(21)14-6-5-13(18)10-15(14)19/h4-7,9-10H,2-3,8H2,1H3. The third-order valence-electron chi connectivity index (χ3n) is 3.76. The summed E-state index contributed by atoms with van der Waals surface area (Å²) in [5.74, 6) is -0.888. The summed E-state index contributed by atoms with van der Waals surface area (Å²) >= 11 is 5.74. The average Bonchev–Trinajstić information content (AvgIpc) is 2.45. The maximum atomic E-state index is 14.0. The molecule has 2 aromatic rings. The van der Waals surface area contributed by atoms with Crippen LogP contribution in [0.3, 0.4) is 0 Å². The molecule has 0 unspecified atom stereocenters. The van der Waals surface area contributed by atoms with Crippen molar-refractivity contribution in [1.29, 1.82) is 0 Å². The van der Waals surface area contributed by atoms with Gasteiger partial charge in [-0.05, 0) is 49.6 Å². The van der Waals surface area contributed by atoms with Crippen LogP contribution < -0.4 is 4.90 Å². The van der Waals surface area contributed by atoms with Crippen LogP contribution in [0.15, 0.2) is 36.4 Å². The van der Waals surface area contributed by atoms with E-state index in [1.807, 2.05) is 19.1 Å². The van der Waals surface area contributed by atoms with E-state index in [2.05, 4.69) is 6.07 Å². The van der Waals surface area contributed by atoms with Crippen molar-refractivity contribution in [1.82, 2.24) is 0 Å². The van der Waals surface area contributed by atoms with Gasteiger partial charge in [-0.15, -0.1) is 0 Å². The molecule has 108 valence electrons. The minimum Gasteiger partial charge on any atom is -0.308 e. The van der Waals surface area contributed by atoms with E-state index in [-0.39, 0.29) is 11.5 Å². The topological polar surface area (TPSA) is 20.3 Å². The summed E-state index contributed by atoms with van der Waals surface area (Å²) in [5.41, 5.74) is 3.25. The molecule has 2 aromatic carbocycles. The zero-order chi connectivity index (χ0) is 15.0. The van der Waals surface area contributed by atoms with Crippen molar-refractivity contribution in [2.75, 3.05) is 11.4 Å². The Balaban J connectivity index is 2.00. The Kier molecular flexibility index (Phi) is 3.68. The molecule has 2 nitrogen and oxygen atoms in total. The predicted octanol–water partition coefficient (Wildman–Crippen LogP) is 4.38. The first-order valence-corrected chi connectivity index (χ1v) is 7.30. The molecule has 1 heterocycles. The number of anilines is 1. The van der Waals surface area contributed by atoms with Gasteiger partial charge in [0, 0.05) is 17.3 Å². The number of amides is 1. The largest absolute Gasteiger partial charge is 0.308 e. The Morgan fingerprint density at radius 1 is 1.24 bits per heavy atom. The van der Waals surface area contributed by atoms with Gasteiger partial charge in [0.25, 0.3) is 5.91 Å². The van der Waals surface area contributed by atoms with Crippen molar-refractivity contribution in [2.45, 2.75) is 19.8 Å². The number of fused-ring (bicyclic) bond motifs is 1. The third-order valence-corrected chi connectivity index (χ3v) is 4.00. The van der Waals surface area contributed by atoms with Crippen LogP contribution in [0.5, 0.6) is 0 Å². The molecule has 0 saturated heterocycles. The second-order valence-electron chi connectivity index (χ2n) is 5.32. The average molecular weight is 304 g/mol. The first kappa shape index (κ1) is 14.1. The van der Waals surface area contributed by atoms with Gasteiger partial charge in [-0.2, -0.15) is 0 Å². The van der Waals surface area contributed by atoms with Crippen LogP contribution in [0.25, 0.3) is 0 Å². The molecular weight excluding hydrogens is 289 g/mol. The van der Waals surface area contributed by atoms with Gasteiger partial charge < -0.3 is 4.90 Å². The molecule has 0 saturated carbocycles. The van der Waals surface area contributed by atoms with Gasteiger partial charge in [0.2, 0.25) is 0 Å². The zero-order valence-electron chi connectivity index (χ0n) is 11.7. The summed E-state index contributed by atoms with van der Waals surface area (Å²) in [7, 11) is 0. The molecule has 0 atom stereocenters. The van der Waals surface area contributed by atoms with E-state index in [1.54, 1.807) is 4.90 Å². The van der Waals surface area contributed by atoms with Crippen LogP contribution in [0.4, 0.5) is 10.1 Å². The maximum absolute atomic E-state index is 14.0. The predicted molar refractivity (Wildman–Crippen MR) is 82.6 cm³/mol. The van der Waals surface area contributed by atoms with Gasteiger partial charge >= 0.3 is 0 Å². The van der Waals surface area contributed by atoms with E-state index in [1.165, 1.54) is 23.8 Å². The second kappa shape index (κ2) is 5.49. The molecule has 0 fully saturated rings. The Morgan fingerprint density at radius 3 is 2.81 bits per heavy atom. The number of carbonyl (C=O) groups excluding carboxylic acids is 1. The molecule has 0 radical (unpaired) electrons. The fourth-order valence-electron chi connectivity index (χ4n) is 2.75. The molecule has 21 heavy (non-hydrogen) atoms. The second-order valence-corrected chi connectivity index (χ2v) is 5.75. The third kappa shape index (κ3) is 2.66. The smallest absolute Gasteiger partial charge is 0.261 e. The van der Waals surface area contributed by atoms with Crippen LogP contribution in [0.1, 0.15) is 27.9 Å². The number of benzene rings is 2. The summed E-state index contributed by atoms with van der Waals surface area (Å²) in [4.78, 5) is 14.3. The SMILES string of the molecule is Cc1ccc2c(c1)CCCN2C(=O)c1ccc(Cl)cc1F. The fourth-order valence-corrected chi connectivity index (χ4v) is 2.90. The monoisotopic (exact) mass is 303 g/mol. The number of aryl methyl sites for hydroxylation is 2. The van der Waals surface area contributed by atoms with Crippen molar-refractivity contribution in [3.63, 3.8) is 0 Å². The zero-order valence-corrected chi connectivity index (χ0v) is 12.5. The van der Waals surface area contributed by atoms with E-state index in [0.717, 1.165) is 24.1 Å². The molecule has 1 aliphatic rings. The van der Waals surface area contributed by atoms with Crippen LogP contribution in [0.2, 0.25) is 5.02 Å². The normalized spacial score (nSPS) is 14.0. The van der Waals surface area contributed by atoms with Gasteiger partial charge in [-0.3, -0.25) is 4.79 Å². The van der Waals surface area contributed by atoms with Gasteiger partial charge in [-0.25, -0.2) is 4.39 Å². The summed E-state index contributed by atoms with van der Waals surface area (Å²) in [6, 6.07) is 10.2. The molecule has 0 bridgehead atoms. The Bertz CT molecular complexity index is 714. The van der Waals surface area contributed by atoms with Crippen molar-refractivity contribution < 1.29 is 9.18 Å². The lowest BCUT2D eigenvalue weighted by Crippen LogP contribution is -2.36. The number of halogens is 2. The number of nitrogens with zero attached hydrogens (tertiary/aromatic N) is 1. The number of hydrogen-bond donors (Lipinski definition) is 0. The van der Waals surface area contributed by atoms with Crippen LogP contribution in [0, 0.1) is 12.7 Å². The van der Waals surface area contributed by atoms with Gasteiger partial charge in [0.15, 0.2) is 0 Å². The van der Waals surface area contributed by atoms with Crippen LogP contribution in [-0.4, -0.2) is 12.5 Å². The molecule has 0 N–H and O–H groups in total. The fraction of sp³-hybridized carbons (Fsp3) is 0.235. The lowest BCUT2D eigenvalue weighted by atomic mass is 9.99. The first-order chi connectivity index (χ1) is 10.1. The Hall–Kier alpha value is -1.87. The van der Waals surface area contributed by atoms with Crippen LogP contribution in [-0.2, 0) is 6.42 Å². The minimum absolute atomic E-state index is 0.0628. The molecule has 1 amide bonds. The maximum Gasteiger partial charge on any atom is 0.261 e. The minimum atomic E-state index is -0.577. The van der Waals surface area contributed by atoms with Gasteiger partial charge in [0.05, 0.1) is 5.56 Å².